The van der Waals surface area contributed by atoms with E-state index in [4.69, 9.17) is 0 Å². The fourth-order valence-corrected chi connectivity index (χ4v) is 3.51. The van der Waals surface area contributed by atoms with Crippen LogP contribution >= 0.6 is 11.3 Å². The second-order valence-corrected chi connectivity index (χ2v) is 6.11. The van der Waals surface area contributed by atoms with Crippen LogP contribution in [0.4, 0.5) is 0 Å². The lowest BCUT2D eigenvalue weighted by atomic mass is 10.4. The Labute approximate surface area is 113 Å². The fourth-order valence-electron chi connectivity index (χ4n) is 1.17. The van der Waals surface area contributed by atoms with Crippen LogP contribution < -0.4 is 4.72 Å². The third kappa shape index (κ3) is 3.49. The van der Waals surface area contributed by atoms with Gasteiger partial charge >= 0.3 is 11.9 Å². The van der Waals surface area contributed by atoms with Gasteiger partial charge in [0.15, 0.2) is 9.90 Å². The molecule has 1 N–H and O–H groups in total. The lowest BCUT2D eigenvalue weighted by Crippen LogP contribution is -2.39. The van der Waals surface area contributed by atoms with Crippen molar-refractivity contribution >= 4 is 33.3 Å². The zero-order chi connectivity index (χ0) is 14.6. The highest BCUT2D eigenvalue weighted by Crippen LogP contribution is 2.20. The molecule has 1 atom stereocenters. The minimum atomic E-state index is -4.05. The van der Waals surface area contributed by atoms with Gasteiger partial charge in [-0.1, -0.05) is 0 Å². The van der Waals surface area contributed by atoms with E-state index in [1.165, 1.54) is 12.4 Å². The average Bonchev–Trinajstić information content (AvgIpc) is 2.86. The van der Waals surface area contributed by atoms with E-state index < -0.39 is 28.0 Å². The maximum absolute atomic E-state index is 12.0. The van der Waals surface area contributed by atoms with Crippen molar-refractivity contribution in [3.63, 3.8) is 0 Å². The molecule has 0 radical (unpaired) electrons. The summed E-state index contributed by atoms with van der Waals surface area (Å²) in [5, 5.41) is 0. The van der Waals surface area contributed by atoms with Gasteiger partial charge in [0.05, 0.1) is 19.7 Å². The predicted octanol–water partition coefficient (Wildman–Crippen LogP) is -0.231. The Morgan fingerprint density at radius 3 is 2.53 bits per heavy atom. The zero-order valence-corrected chi connectivity index (χ0v) is 12.0. The van der Waals surface area contributed by atoms with E-state index in [0.717, 1.165) is 25.6 Å². The molecule has 1 aromatic heterocycles. The minimum absolute atomic E-state index is 0.310. The van der Waals surface area contributed by atoms with Gasteiger partial charge in [-0.3, -0.25) is 4.79 Å². The molecule has 0 aliphatic heterocycles. The molecule has 8 nitrogen and oxygen atoms in total. The van der Waals surface area contributed by atoms with Crippen molar-refractivity contribution in [3.05, 3.63) is 11.2 Å². The molecule has 0 amide bonds. The summed E-state index contributed by atoms with van der Waals surface area (Å²) in [6.45, 7) is 1.32. The molecule has 0 fully saturated rings. The van der Waals surface area contributed by atoms with Crippen molar-refractivity contribution in [3.8, 4) is 0 Å². The topological polar surface area (TPSA) is 112 Å². The van der Waals surface area contributed by atoms with Crippen molar-refractivity contribution in [2.45, 2.75) is 17.2 Å². The first-order chi connectivity index (χ1) is 8.83. The number of hydrogen-bond acceptors (Lipinski definition) is 8. The molecule has 0 bridgehead atoms. The summed E-state index contributed by atoms with van der Waals surface area (Å²) in [7, 11) is -1.80. The standard InChI is InChI=1S/C9H12N2O6S2/c1-5(7(12)16-2)11-19(14,15)9-6(8(13)17-3)10-4-18-9/h4-5,11H,1-3H3. The zero-order valence-electron chi connectivity index (χ0n) is 10.4. The van der Waals surface area contributed by atoms with E-state index in [1.807, 2.05) is 0 Å². The highest BCUT2D eigenvalue weighted by Gasteiger charge is 2.29. The molecule has 1 heterocycles. The number of thiazole rings is 1. The predicted molar refractivity (Wildman–Crippen MR) is 65.3 cm³/mol. The van der Waals surface area contributed by atoms with Crippen LogP contribution in [0.5, 0.6) is 0 Å². The van der Waals surface area contributed by atoms with Crippen LogP contribution in [0.2, 0.25) is 0 Å². The molecule has 1 rings (SSSR count). The van der Waals surface area contributed by atoms with E-state index >= 15 is 0 Å². The van der Waals surface area contributed by atoms with Gasteiger partial charge in [0.25, 0.3) is 10.0 Å². The van der Waals surface area contributed by atoms with Crippen LogP contribution in [0.25, 0.3) is 0 Å². The molecule has 106 valence electrons. The largest absolute Gasteiger partial charge is 0.468 e. The Hall–Kier alpha value is -1.52. The van der Waals surface area contributed by atoms with Gasteiger partial charge in [-0.2, -0.15) is 4.72 Å². The first-order valence-electron chi connectivity index (χ1n) is 4.95. The SMILES string of the molecule is COC(=O)c1ncsc1S(=O)(=O)NC(C)C(=O)OC. The minimum Gasteiger partial charge on any atom is -0.468 e. The number of ether oxygens (including phenoxy) is 2. The molecular weight excluding hydrogens is 296 g/mol. The molecule has 0 spiro atoms. The quantitative estimate of drug-likeness (QED) is 0.748. The fraction of sp³-hybridized carbons (Fsp3) is 0.444. The van der Waals surface area contributed by atoms with Gasteiger partial charge in [0, 0.05) is 0 Å². The number of nitrogens with zero attached hydrogens (tertiary/aromatic N) is 1. The smallest absolute Gasteiger partial charge is 0.358 e. The molecule has 0 aromatic carbocycles. The van der Waals surface area contributed by atoms with E-state index in [1.54, 1.807) is 0 Å². The molecule has 0 aliphatic rings. The number of sulfonamides is 1. The Bertz CT molecular complexity index is 579. The maximum atomic E-state index is 12.0. The van der Waals surface area contributed by atoms with Crippen LogP contribution in [0.15, 0.2) is 9.72 Å². The van der Waals surface area contributed by atoms with Crippen LogP contribution in [0, 0.1) is 0 Å². The number of carbonyl (C=O) groups excluding carboxylic acids is 2. The summed E-state index contributed by atoms with van der Waals surface area (Å²) in [5.41, 5.74) is 0.876. The Kier molecular flexibility index (Phi) is 4.97. The molecule has 10 heteroatoms. The molecule has 19 heavy (non-hydrogen) atoms. The van der Waals surface area contributed by atoms with E-state index in [2.05, 4.69) is 19.2 Å². The summed E-state index contributed by atoms with van der Waals surface area (Å²) in [6.07, 6.45) is 0. The number of hydrogen-bond donors (Lipinski definition) is 1. The normalized spacial score (nSPS) is 12.8. The third-order valence-corrected chi connectivity index (χ3v) is 4.95. The van der Waals surface area contributed by atoms with Gasteiger partial charge in [-0.05, 0) is 6.92 Å². The Balaban J connectivity index is 3.05. The number of esters is 2. The second kappa shape index (κ2) is 6.08. The van der Waals surface area contributed by atoms with E-state index in [0.29, 0.717) is 0 Å². The van der Waals surface area contributed by atoms with Crippen molar-refractivity contribution in [2.24, 2.45) is 0 Å². The second-order valence-electron chi connectivity index (χ2n) is 3.35. The molecule has 0 saturated carbocycles. The summed E-state index contributed by atoms with van der Waals surface area (Å²) in [5.74, 6) is -1.61. The van der Waals surface area contributed by atoms with Crippen molar-refractivity contribution in [1.82, 2.24) is 9.71 Å². The van der Waals surface area contributed by atoms with Crippen LogP contribution in [-0.4, -0.2) is 45.6 Å². The lowest BCUT2D eigenvalue weighted by molar-refractivity contribution is -0.142. The Morgan fingerprint density at radius 1 is 1.37 bits per heavy atom. The molecular formula is C9H12N2O6S2. The number of nitrogens with one attached hydrogen (secondary N) is 1. The first kappa shape index (κ1) is 15.5. The number of rotatable bonds is 5. The van der Waals surface area contributed by atoms with Gasteiger partial charge < -0.3 is 9.47 Å². The molecule has 0 saturated heterocycles. The number of methoxy groups -OCH3 is 2. The van der Waals surface area contributed by atoms with Crippen LogP contribution in [0.3, 0.4) is 0 Å². The monoisotopic (exact) mass is 308 g/mol. The first-order valence-corrected chi connectivity index (χ1v) is 7.31. The van der Waals surface area contributed by atoms with Crippen molar-refractivity contribution < 1.29 is 27.5 Å². The number of carbonyl (C=O) groups is 2. The van der Waals surface area contributed by atoms with E-state index in [-0.39, 0.29) is 9.90 Å². The molecule has 1 aromatic rings. The third-order valence-electron chi connectivity index (χ3n) is 2.04. The summed E-state index contributed by atoms with van der Waals surface area (Å²) >= 11 is 0.747. The van der Waals surface area contributed by atoms with Crippen LogP contribution in [-0.2, 0) is 24.3 Å². The van der Waals surface area contributed by atoms with Gasteiger partial charge in [0.1, 0.15) is 6.04 Å². The summed E-state index contributed by atoms with van der Waals surface area (Å²) in [4.78, 5) is 26.2. The highest BCUT2D eigenvalue weighted by atomic mass is 32.2. The number of aromatic nitrogens is 1. The lowest BCUT2D eigenvalue weighted by Gasteiger charge is -2.11. The molecule has 1 unspecified atom stereocenters. The van der Waals surface area contributed by atoms with Gasteiger partial charge in [-0.25, -0.2) is 18.2 Å². The molecule has 0 aliphatic carbocycles. The summed E-state index contributed by atoms with van der Waals surface area (Å²) < 4.78 is 34.6. The van der Waals surface area contributed by atoms with Crippen molar-refractivity contribution in [1.29, 1.82) is 0 Å². The van der Waals surface area contributed by atoms with Gasteiger partial charge in [0.2, 0.25) is 0 Å². The van der Waals surface area contributed by atoms with Gasteiger partial charge in [-0.15, -0.1) is 11.3 Å². The average molecular weight is 308 g/mol. The van der Waals surface area contributed by atoms with Crippen molar-refractivity contribution in [2.75, 3.05) is 14.2 Å². The highest BCUT2D eigenvalue weighted by molar-refractivity contribution is 7.91. The maximum Gasteiger partial charge on any atom is 0.358 e. The Morgan fingerprint density at radius 2 is 2.00 bits per heavy atom. The summed E-state index contributed by atoms with van der Waals surface area (Å²) in [6, 6.07) is -1.08. The van der Waals surface area contributed by atoms with E-state index in [9.17, 15) is 18.0 Å². The van der Waals surface area contributed by atoms with Crippen LogP contribution in [0.1, 0.15) is 17.4 Å².